The molecule has 25 heavy (non-hydrogen) atoms. The summed E-state index contributed by atoms with van der Waals surface area (Å²) in [6.45, 7) is 5.14. The third-order valence-corrected chi connectivity index (χ3v) is 8.26. The molecule has 2 N–H and O–H groups in total. The summed E-state index contributed by atoms with van der Waals surface area (Å²) >= 11 is 1.21. The zero-order chi connectivity index (χ0) is 17.2. The van der Waals surface area contributed by atoms with Crippen molar-refractivity contribution in [3.63, 3.8) is 0 Å². The van der Waals surface area contributed by atoms with Crippen molar-refractivity contribution in [1.82, 2.24) is 14.9 Å². The number of sulfonamides is 1. The summed E-state index contributed by atoms with van der Waals surface area (Å²) in [4.78, 5) is 13.0. The third-order valence-electron chi connectivity index (χ3n) is 4.80. The summed E-state index contributed by atoms with van der Waals surface area (Å²) in [6, 6.07) is 3.54. The van der Waals surface area contributed by atoms with Gasteiger partial charge in [-0.3, -0.25) is 4.79 Å². The predicted molar refractivity (Wildman–Crippen MR) is 102 cm³/mol. The van der Waals surface area contributed by atoms with Gasteiger partial charge in [0, 0.05) is 30.6 Å². The number of halogens is 1. The van der Waals surface area contributed by atoms with Gasteiger partial charge in [-0.25, -0.2) is 8.42 Å². The summed E-state index contributed by atoms with van der Waals surface area (Å²) in [7, 11) is -3.38. The Morgan fingerprint density at radius 3 is 2.76 bits per heavy atom. The fourth-order valence-electron chi connectivity index (χ4n) is 3.25. The number of hydrogen-bond acceptors (Lipinski definition) is 5. The van der Waals surface area contributed by atoms with E-state index in [0.29, 0.717) is 23.2 Å². The van der Waals surface area contributed by atoms with Gasteiger partial charge in [0.05, 0.1) is 6.42 Å². The minimum Gasteiger partial charge on any atom is -0.352 e. The van der Waals surface area contributed by atoms with Crippen molar-refractivity contribution in [1.29, 1.82) is 0 Å². The second-order valence-electron chi connectivity index (χ2n) is 6.65. The Morgan fingerprint density at radius 1 is 1.36 bits per heavy atom. The van der Waals surface area contributed by atoms with Crippen LogP contribution in [0.5, 0.6) is 0 Å². The van der Waals surface area contributed by atoms with E-state index in [1.807, 2.05) is 0 Å². The number of rotatable bonds is 5. The van der Waals surface area contributed by atoms with Gasteiger partial charge in [-0.05, 0) is 43.9 Å². The standard InChI is InChI=1S/C16H25N3O3S2.ClH/c1-12-6-7-17-11-14(12)18-15(20)10-13-4-5-16(23-13)24(21,22)19-8-2-3-9-19;/h4-5,12,14,17H,2-3,6-11H2,1H3,(H,18,20);1H. The number of thiophene rings is 1. The lowest BCUT2D eigenvalue weighted by Crippen LogP contribution is -2.50. The summed E-state index contributed by atoms with van der Waals surface area (Å²) in [5.41, 5.74) is 0. The summed E-state index contributed by atoms with van der Waals surface area (Å²) < 4.78 is 26.9. The molecule has 0 radical (unpaired) electrons. The quantitative estimate of drug-likeness (QED) is 0.777. The summed E-state index contributed by atoms with van der Waals surface area (Å²) in [6.07, 6.45) is 3.15. The smallest absolute Gasteiger partial charge is 0.252 e. The van der Waals surface area contributed by atoms with E-state index in [1.54, 1.807) is 12.1 Å². The molecule has 9 heteroatoms. The first-order valence-corrected chi connectivity index (χ1v) is 10.8. The monoisotopic (exact) mass is 407 g/mol. The van der Waals surface area contributed by atoms with Crippen LogP contribution < -0.4 is 10.6 Å². The molecule has 1 aromatic heterocycles. The maximum absolute atomic E-state index is 12.5. The Bertz CT molecular complexity index is 687. The molecule has 3 rings (SSSR count). The minimum atomic E-state index is -3.38. The molecule has 2 aliphatic heterocycles. The van der Waals surface area contributed by atoms with Crippen LogP contribution in [0.1, 0.15) is 31.1 Å². The highest BCUT2D eigenvalue weighted by atomic mass is 35.5. The first kappa shape index (κ1) is 20.6. The van der Waals surface area contributed by atoms with Crippen LogP contribution in [0.3, 0.4) is 0 Å². The highest BCUT2D eigenvalue weighted by molar-refractivity contribution is 7.91. The van der Waals surface area contributed by atoms with Crippen molar-refractivity contribution < 1.29 is 13.2 Å². The van der Waals surface area contributed by atoms with Gasteiger partial charge < -0.3 is 10.6 Å². The Morgan fingerprint density at radius 2 is 2.08 bits per heavy atom. The Hall–Kier alpha value is -0.670. The topological polar surface area (TPSA) is 78.5 Å². The van der Waals surface area contributed by atoms with Crippen molar-refractivity contribution >= 4 is 39.7 Å². The molecule has 0 saturated carbocycles. The number of carbonyl (C=O) groups excluding carboxylic acids is 1. The van der Waals surface area contributed by atoms with Gasteiger partial charge in [-0.15, -0.1) is 23.7 Å². The van der Waals surface area contributed by atoms with Crippen molar-refractivity contribution in [2.24, 2.45) is 5.92 Å². The van der Waals surface area contributed by atoms with Crippen LogP contribution in [0.15, 0.2) is 16.3 Å². The number of carbonyl (C=O) groups is 1. The summed E-state index contributed by atoms with van der Waals surface area (Å²) in [5.74, 6) is 0.423. The van der Waals surface area contributed by atoms with E-state index in [1.165, 1.54) is 15.6 Å². The fourth-order valence-corrected chi connectivity index (χ4v) is 6.27. The van der Waals surface area contributed by atoms with Gasteiger partial charge in [0.25, 0.3) is 10.0 Å². The molecule has 0 spiro atoms. The number of piperidine rings is 1. The van der Waals surface area contributed by atoms with Crippen LogP contribution in [-0.2, 0) is 21.2 Å². The average molecular weight is 408 g/mol. The zero-order valence-electron chi connectivity index (χ0n) is 14.4. The molecule has 0 aromatic carbocycles. The van der Waals surface area contributed by atoms with Crippen molar-refractivity contribution in [3.05, 3.63) is 17.0 Å². The normalized spacial score (nSPS) is 24.7. The third kappa shape index (κ3) is 4.95. The fraction of sp³-hybridized carbons (Fsp3) is 0.688. The SMILES string of the molecule is CC1CCNCC1NC(=O)Cc1ccc(S(=O)(=O)N2CCCC2)s1.Cl. The number of nitrogens with zero attached hydrogens (tertiary/aromatic N) is 1. The molecular weight excluding hydrogens is 382 g/mol. The second kappa shape index (κ2) is 8.81. The molecule has 0 bridgehead atoms. The van der Waals surface area contributed by atoms with E-state index in [9.17, 15) is 13.2 Å². The minimum absolute atomic E-state index is 0. The molecule has 2 aliphatic rings. The largest absolute Gasteiger partial charge is 0.352 e. The lowest BCUT2D eigenvalue weighted by atomic mass is 9.95. The van der Waals surface area contributed by atoms with Gasteiger partial charge in [0.15, 0.2) is 0 Å². The van der Waals surface area contributed by atoms with Crippen LogP contribution in [0.2, 0.25) is 0 Å². The molecule has 2 atom stereocenters. The highest BCUT2D eigenvalue weighted by Crippen LogP contribution is 2.27. The molecule has 1 amide bonds. The molecule has 2 saturated heterocycles. The van der Waals surface area contributed by atoms with E-state index in [0.717, 1.165) is 37.2 Å². The van der Waals surface area contributed by atoms with Crippen molar-refractivity contribution in [2.75, 3.05) is 26.2 Å². The molecule has 2 unspecified atom stereocenters. The van der Waals surface area contributed by atoms with Gasteiger partial charge in [-0.2, -0.15) is 4.31 Å². The lowest BCUT2D eigenvalue weighted by molar-refractivity contribution is -0.121. The average Bonchev–Trinajstić information content (AvgIpc) is 3.21. The van der Waals surface area contributed by atoms with E-state index in [4.69, 9.17) is 0 Å². The van der Waals surface area contributed by atoms with E-state index in [2.05, 4.69) is 17.6 Å². The first-order valence-electron chi connectivity index (χ1n) is 8.56. The zero-order valence-corrected chi connectivity index (χ0v) is 16.8. The van der Waals surface area contributed by atoms with Gasteiger partial charge in [0.1, 0.15) is 4.21 Å². The van der Waals surface area contributed by atoms with E-state index >= 15 is 0 Å². The van der Waals surface area contributed by atoms with Crippen molar-refractivity contribution in [3.8, 4) is 0 Å². The number of nitrogens with one attached hydrogen (secondary N) is 2. The van der Waals surface area contributed by atoms with E-state index < -0.39 is 10.0 Å². The van der Waals surface area contributed by atoms with Crippen LogP contribution in [0.4, 0.5) is 0 Å². The Balaban J connectivity index is 0.00000225. The van der Waals surface area contributed by atoms with Crippen LogP contribution in [0.25, 0.3) is 0 Å². The maximum Gasteiger partial charge on any atom is 0.252 e. The number of hydrogen-bond donors (Lipinski definition) is 2. The van der Waals surface area contributed by atoms with Gasteiger partial charge in [0.2, 0.25) is 5.91 Å². The second-order valence-corrected chi connectivity index (χ2v) is 9.99. The molecule has 0 aliphatic carbocycles. The molecular formula is C16H26ClN3O3S2. The summed E-state index contributed by atoms with van der Waals surface area (Å²) in [5, 5.41) is 6.36. The molecule has 142 valence electrons. The van der Waals surface area contributed by atoms with Crippen LogP contribution in [0, 0.1) is 5.92 Å². The van der Waals surface area contributed by atoms with Crippen molar-refractivity contribution in [2.45, 2.75) is 42.9 Å². The predicted octanol–water partition coefficient (Wildman–Crippen LogP) is 1.61. The van der Waals surface area contributed by atoms with Crippen LogP contribution >= 0.6 is 23.7 Å². The lowest BCUT2D eigenvalue weighted by Gasteiger charge is -2.30. The van der Waals surface area contributed by atoms with Gasteiger partial charge in [-0.1, -0.05) is 6.92 Å². The Labute approximate surface area is 159 Å². The Kier molecular flexibility index (Phi) is 7.28. The highest BCUT2D eigenvalue weighted by Gasteiger charge is 2.29. The maximum atomic E-state index is 12.5. The van der Waals surface area contributed by atoms with Gasteiger partial charge >= 0.3 is 0 Å². The van der Waals surface area contributed by atoms with Crippen LogP contribution in [-0.4, -0.2) is 50.9 Å². The molecule has 6 nitrogen and oxygen atoms in total. The molecule has 2 fully saturated rings. The number of amides is 1. The molecule has 1 aromatic rings. The first-order chi connectivity index (χ1) is 11.5. The molecule has 3 heterocycles. The van der Waals surface area contributed by atoms with E-state index in [-0.39, 0.29) is 30.8 Å².